The number of nitrogens with one attached hydrogen (secondary N) is 1. The summed E-state index contributed by atoms with van der Waals surface area (Å²) in [6.45, 7) is 4.03. The van der Waals surface area contributed by atoms with E-state index in [4.69, 9.17) is 0 Å². The van der Waals surface area contributed by atoms with Gasteiger partial charge < -0.3 is 5.32 Å². The van der Waals surface area contributed by atoms with E-state index in [0.717, 1.165) is 16.3 Å². The zero-order valence-electron chi connectivity index (χ0n) is 14.9. The Morgan fingerprint density at radius 3 is 2.19 bits per heavy atom. The number of ketones is 1. The second-order valence-electron chi connectivity index (χ2n) is 6.05. The Bertz CT molecular complexity index is 932. The molecule has 3 aromatic carbocycles. The first-order valence-electron chi connectivity index (χ1n) is 8.51. The smallest absolute Gasteiger partial charge is 0.187 e. The predicted molar refractivity (Wildman–Crippen MR) is 110 cm³/mol. The summed E-state index contributed by atoms with van der Waals surface area (Å²) in [5.74, 6) is -0.000335. The summed E-state index contributed by atoms with van der Waals surface area (Å²) < 4.78 is 0. The van der Waals surface area contributed by atoms with Crippen molar-refractivity contribution < 1.29 is 4.79 Å². The van der Waals surface area contributed by atoms with Crippen LogP contribution in [0.4, 0.5) is 5.69 Å². The number of anilines is 1. The van der Waals surface area contributed by atoms with E-state index >= 15 is 0 Å². The zero-order valence-corrected chi connectivity index (χ0v) is 15.7. The van der Waals surface area contributed by atoms with Crippen LogP contribution in [0.2, 0.25) is 0 Å². The predicted octanol–water partition coefficient (Wildman–Crippen LogP) is 6.34. The Morgan fingerprint density at radius 1 is 0.846 bits per heavy atom. The van der Waals surface area contributed by atoms with Crippen LogP contribution >= 0.6 is 11.8 Å². The highest BCUT2D eigenvalue weighted by Crippen LogP contribution is 2.35. The number of carbonyl (C=O) groups is 1. The highest BCUT2D eigenvalue weighted by molar-refractivity contribution is 7.99. The van der Waals surface area contributed by atoms with Gasteiger partial charge >= 0.3 is 0 Å². The van der Waals surface area contributed by atoms with Crippen LogP contribution in [0.15, 0.2) is 100 Å². The number of hydrogen-bond acceptors (Lipinski definition) is 3. The van der Waals surface area contributed by atoms with E-state index in [9.17, 15) is 4.79 Å². The molecule has 0 aliphatic heterocycles. The number of aryl methyl sites for hydroxylation is 1. The SMILES string of the molecule is C/C(=C/C(=O)c1ccccc1)Nc1ccccc1Sc1ccccc1C. The van der Waals surface area contributed by atoms with Crippen LogP contribution < -0.4 is 5.32 Å². The van der Waals surface area contributed by atoms with Crippen molar-refractivity contribution >= 4 is 23.2 Å². The normalized spacial score (nSPS) is 11.2. The van der Waals surface area contributed by atoms with E-state index in [-0.39, 0.29) is 5.78 Å². The highest BCUT2D eigenvalue weighted by Gasteiger charge is 2.07. The van der Waals surface area contributed by atoms with Crippen LogP contribution in [-0.2, 0) is 0 Å². The molecule has 0 spiro atoms. The van der Waals surface area contributed by atoms with E-state index in [1.165, 1.54) is 10.5 Å². The molecule has 0 aliphatic rings. The van der Waals surface area contributed by atoms with Crippen molar-refractivity contribution in [3.8, 4) is 0 Å². The largest absolute Gasteiger partial charge is 0.358 e. The van der Waals surface area contributed by atoms with Gasteiger partial charge in [0.15, 0.2) is 5.78 Å². The molecule has 3 aromatic rings. The van der Waals surface area contributed by atoms with E-state index in [1.54, 1.807) is 17.8 Å². The van der Waals surface area contributed by atoms with Crippen molar-refractivity contribution in [2.24, 2.45) is 0 Å². The summed E-state index contributed by atoms with van der Waals surface area (Å²) in [6.07, 6.45) is 1.64. The Kier molecular flexibility index (Phi) is 5.92. The summed E-state index contributed by atoms with van der Waals surface area (Å²) >= 11 is 1.72. The first-order valence-corrected chi connectivity index (χ1v) is 9.32. The molecule has 0 bridgehead atoms. The van der Waals surface area contributed by atoms with Crippen molar-refractivity contribution in [3.63, 3.8) is 0 Å². The van der Waals surface area contributed by atoms with E-state index < -0.39 is 0 Å². The summed E-state index contributed by atoms with van der Waals surface area (Å²) in [7, 11) is 0. The Labute approximate surface area is 159 Å². The lowest BCUT2D eigenvalue weighted by atomic mass is 10.1. The molecule has 1 N–H and O–H groups in total. The molecule has 26 heavy (non-hydrogen) atoms. The van der Waals surface area contributed by atoms with Crippen LogP contribution in [-0.4, -0.2) is 5.78 Å². The molecule has 0 radical (unpaired) electrons. The van der Waals surface area contributed by atoms with E-state index in [0.29, 0.717) is 5.56 Å². The molecular formula is C23H21NOS. The average Bonchev–Trinajstić information content (AvgIpc) is 2.66. The minimum Gasteiger partial charge on any atom is -0.358 e. The maximum Gasteiger partial charge on any atom is 0.187 e. The minimum absolute atomic E-state index is 0.000335. The Morgan fingerprint density at radius 2 is 1.46 bits per heavy atom. The second kappa shape index (κ2) is 8.54. The molecular weight excluding hydrogens is 338 g/mol. The van der Waals surface area contributed by atoms with Gasteiger partial charge in [0.25, 0.3) is 0 Å². The van der Waals surface area contributed by atoms with Gasteiger partial charge in [0.1, 0.15) is 0 Å². The van der Waals surface area contributed by atoms with Crippen LogP contribution in [0, 0.1) is 6.92 Å². The number of hydrogen-bond donors (Lipinski definition) is 1. The molecule has 0 saturated heterocycles. The van der Waals surface area contributed by atoms with Gasteiger partial charge in [-0.2, -0.15) is 0 Å². The molecule has 0 saturated carbocycles. The average molecular weight is 359 g/mol. The standard InChI is InChI=1S/C23H21NOS/c1-17-10-6-8-14-22(17)26-23-15-9-7-13-20(23)24-18(2)16-21(25)19-11-4-3-5-12-19/h3-16,24H,1-2H3/b18-16-. The molecule has 0 amide bonds. The lowest BCUT2D eigenvalue weighted by Crippen LogP contribution is -2.02. The summed E-state index contributed by atoms with van der Waals surface area (Å²) in [4.78, 5) is 14.7. The van der Waals surface area contributed by atoms with Gasteiger partial charge in [-0.1, -0.05) is 72.4 Å². The zero-order chi connectivity index (χ0) is 18.4. The van der Waals surface area contributed by atoms with E-state index in [2.05, 4.69) is 36.5 Å². The van der Waals surface area contributed by atoms with Crippen LogP contribution in [0.5, 0.6) is 0 Å². The fourth-order valence-electron chi connectivity index (χ4n) is 2.58. The van der Waals surface area contributed by atoms with Gasteiger partial charge in [0.05, 0.1) is 5.69 Å². The van der Waals surface area contributed by atoms with Gasteiger partial charge in [-0.25, -0.2) is 0 Å². The van der Waals surface area contributed by atoms with Crippen LogP contribution in [0.25, 0.3) is 0 Å². The highest BCUT2D eigenvalue weighted by atomic mass is 32.2. The quantitative estimate of drug-likeness (QED) is 0.411. The fourth-order valence-corrected chi connectivity index (χ4v) is 3.57. The fraction of sp³-hybridized carbons (Fsp3) is 0.0870. The van der Waals surface area contributed by atoms with Gasteiger partial charge in [0, 0.05) is 27.1 Å². The van der Waals surface area contributed by atoms with Crippen LogP contribution in [0.1, 0.15) is 22.8 Å². The molecule has 130 valence electrons. The molecule has 3 rings (SSSR count). The maximum atomic E-state index is 12.3. The Balaban J connectivity index is 1.79. The lowest BCUT2D eigenvalue weighted by molar-refractivity contribution is 0.104. The maximum absolute atomic E-state index is 12.3. The van der Waals surface area contributed by atoms with Crippen molar-refractivity contribution in [1.29, 1.82) is 0 Å². The van der Waals surface area contributed by atoms with Gasteiger partial charge in [-0.15, -0.1) is 0 Å². The summed E-state index contributed by atoms with van der Waals surface area (Å²) in [5, 5.41) is 3.37. The molecule has 0 aromatic heterocycles. The molecule has 0 fully saturated rings. The number of allylic oxidation sites excluding steroid dienone is 2. The third-order valence-electron chi connectivity index (χ3n) is 3.94. The van der Waals surface area contributed by atoms with Crippen molar-refractivity contribution in [2.75, 3.05) is 5.32 Å². The van der Waals surface area contributed by atoms with Crippen molar-refractivity contribution in [1.82, 2.24) is 0 Å². The monoisotopic (exact) mass is 359 g/mol. The van der Waals surface area contributed by atoms with Gasteiger partial charge in [-0.3, -0.25) is 4.79 Å². The molecule has 0 unspecified atom stereocenters. The molecule has 3 heteroatoms. The van der Waals surface area contributed by atoms with Crippen molar-refractivity contribution in [3.05, 3.63) is 102 Å². The number of rotatable bonds is 6. The number of benzene rings is 3. The lowest BCUT2D eigenvalue weighted by Gasteiger charge is -2.13. The summed E-state index contributed by atoms with van der Waals surface area (Å²) in [5.41, 5.74) is 3.75. The summed E-state index contributed by atoms with van der Waals surface area (Å²) in [6, 6.07) is 25.8. The Hall–Kier alpha value is -2.78. The number of para-hydroxylation sites is 1. The van der Waals surface area contributed by atoms with Gasteiger partial charge in [-0.05, 0) is 37.6 Å². The van der Waals surface area contributed by atoms with E-state index in [1.807, 2.05) is 61.5 Å². The third kappa shape index (κ3) is 4.64. The molecule has 0 aliphatic carbocycles. The van der Waals surface area contributed by atoms with Crippen molar-refractivity contribution in [2.45, 2.75) is 23.6 Å². The third-order valence-corrected chi connectivity index (χ3v) is 5.19. The van der Waals surface area contributed by atoms with Gasteiger partial charge in [0.2, 0.25) is 0 Å². The number of carbonyl (C=O) groups excluding carboxylic acids is 1. The minimum atomic E-state index is -0.000335. The second-order valence-corrected chi connectivity index (χ2v) is 7.13. The molecule has 0 heterocycles. The molecule has 2 nitrogen and oxygen atoms in total. The molecule has 0 atom stereocenters. The topological polar surface area (TPSA) is 29.1 Å². The first-order chi connectivity index (χ1) is 12.6. The van der Waals surface area contributed by atoms with Crippen LogP contribution in [0.3, 0.4) is 0 Å². The first kappa shape index (κ1) is 18.0.